The molecule has 0 aromatic heterocycles. The fourth-order valence-corrected chi connectivity index (χ4v) is 3.49. The Hall–Kier alpha value is -0.850. The van der Waals surface area contributed by atoms with Crippen LogP contribution in [0, 0.1) is 0 Å². The van der Waals surface area contributed by atoms with E-state index in [1.807, 2.05) is 30.3 Å². The molecule has 0 saturated carbocycles. The average molecular weight is 464 g/mol. The summed E-state index contributed by atoms with van der Waals surface area (Å²) in [6.07, 6.45) is 0. The Morgan fingerprint density at radius 1 is 1.10 bits per heavy atom. The van der Waals surface area contributed by atoms with Crippen LogP contribution in [0.15, 0.2) is 49.8 Å². The molecule has 20 heavy (non-hydrogen) atoms. The molecule has 0 aliphatic carbocycles. The highest BCUT2D eigenvalue weighted by Crippen LogP contribution is 2.33. The number of hydrogen-bond acceptors (Lipinski definition) is 2. The second-order valence-corrected chi connectivity index (χ2v) is 6.62. The fraction of sp³-hybridized carbons (Fsp3) is 0.0714. The molecule has 0 spiro atoms. The lowest BCUT2D eigenvalue weighted by Gasteiger charge is -2.12. The van der Waals surface area contributed by atoms with Crippen LogP contribution in [-0.2, 0) is 0 Å². The second-order valence-electron chi connectivity index (χ2n) is 3.93. The maximum absolute atomic E-state index is 12.4. The van der Waals surface area contributed by atoms with Crippen LogP contribution in [0.5, 0.6) is 5.75 Å². The summed E-state index contributed by atoms with van der Waals surface area (Å²) in [6, 6.07) is 10.9. The first kappa shape index (κ1) is 15.5. The molecule has 0 unspecified atom stereocenters. The van der Waals surface area contributed by atoms with Gasteiger partial charge < -0.3 is 10.1 Å². The van der Waals surface area contributed by atoms with Gasteiger partial charge in [-0.3, -0.25) is 4.79 Å². The number of carbonyl (C=O) groups is 1. The lowest BCUT2D eigenvalue weighted by atomic mass is 10.2. The highest BCUT2D eigenvalue weighted by molar-refractivity contribution is 9.11. The molecule has 0 radical (unpaired) electrons. The van der Waals surface area contributed by atoms with Crippen molar-refractivity contribution in [2.75, 3.05) is 12.4 Å². The molecular weight excluding hydrogens is 454 g/mol. The molecular formula is C14H10Br3NO2. The van der Waals surface area contributed by atoms with E-state index in [1.54, 1.807) is 6.07 Å². The number of carbonyl (C=O) groups excluding carboxylic acids is 1. The molecule has 0 aliphatic rings. The minimum absolute atomic E-state index is 0.234. The topological polar surface area (TPSA) is 38.3 Å². The molecule has 2 rings (SSSR count). The summed E-state index contributed by atoms with van der Waals surface area (Å²) in [5, 5.41) is 2.84. The molecule has 0 fully saturated rings. The SMILES string of the molecule is COc1c(Br)cc(Br)cc1C(=O)Nc1cccc(Br)c1. The average Bonchev–Trinajstić information content (AvgIpc) is 2.37. The minimum Gasteiger partial charge on any atom is -0.495 e. The molecule has 6 heteroatoms. The molecule has 0 aliphatic heterocycles. The van der Waals surface area contributed by atoms with Gasteiger partial charge in [-0.25, -0.2) is 0 Å². The van der Waals surface area contributed by atoms with E-state index in [1.165, 1.54) is 7.11 Å². The van der Waals surface area contributed by atoms with Gasteiger partial charge in [-0.15, -0.1) is 0 Å². The molecule has 0 saturated heterocycles. The first-order valence-electron chi connectivity index (χ1n) is 5.61. The van der Waals surface area contributed by atoms with E-state index < -0.39 is 0 Å². The Morgan fingerprint density at radius 2 is 1.85 bits per heavy atom. The van der Waals surface area contributed by atoms with Gasteiger partial charge in [0, 0.05) is 14.6 Å². The monoisotopic (exact) mass is 461 g/mol. The summed E-state index contributed by atoms with van der Waals surface area (Å²) in [6.45, 7) is 0. The zero-order chi connectivity index (χ0) is 14.7. The molecule has 0 bridgehead atoms. The van der Waals surface area contributed by atoms with Gasteiger partial charge in [0.05, 0.1) is 17.1 Å². The number of amides is 1. The highest BCUT2D eigenvalue weighted by atomic mass is 79.9. The molecule has 2 aromatic rings. The Balaban J connectivity index is 2.34. The number of halogens is 3. The van der Waals surface area contributed by atoms with Gasteiger partial charge >= 0.3 is 0 Å². The summed E-state index contributed by atoms with van der Waals surface area (Å²) < 4.78 is 7.69. The fourth-order valence-electron chi connectivity index (χ4n) is 1.70. The third-order valence-corrected chi connectivity index (χ3v) is 4.08. The van der Waals surface area contributed by atoms with Crippen molar-refractivity contribution in [2.45, 2.75) is 0 Å². The number of ether oxygens (including phenoxy) is 1. The molecule has 0 heterocycles. The van der Waals surface area contributed by atoms with E-state index in [9.17, 15) is 4.79 Å². The molecule has 2 aromatic carbocycles. The van der Waals surface area contributed by atoms with Gasteiger partial charge in [-0.1, -0.05) is 37.9 Å². The lowest BCUT2D eigenvalue weighted by molar-refractivity contribution is 0.102. The van der Waals surface area contributed by atoms with Gasteiger partial charge in [0.25, 0.3) is 5.91 Å². The van der Waals surface area contributed by atoms with Crippen molar-refractivity contribution < 1.29 is 9.53 Å². The van der Waals surface area contributed by atoms with Gasteiger partial charge in [-0.2, -0.15) is 0 Å². The number of rotatable bonds is 3. The molecule has 1 amide bonds. The number of methoxy groups -OCH3 is 1. The van der Waals surface area contributed by atoms with Crippen molar-refractivity contribution in [1.82, 2.24) is 0 Å². The van der Waals surface area contributed by atoms with Gasteiger partial charge in [0.1, 0.15) is 5.75 Å². The van der Waals surface area contributed by atoms with Crippen molar-refractivity contribution in [1.29, 1.82) is 0 Å². The second kappa shape index (κ2) is 6.74. The highest BCUT2D eigenvalue weighted by Gasteiger charge is 2.16. The van der Waals surface area contributed by atoms with Crippen molar-refractivity contribution in [2.24, 2.45) is 0 Å². The standard InChI is InChI=1S/C14H10Br3NO2/c1-20-13-11(6-9(16)7-12(13)17)14(19)18-10-4-2-3-8(15)5-10/h2-7H,1H3,(H,18,19). The first-order chi connectivity index (χ1) is 9.51. The Labute approximate surface area is 142 Å². The normalized spacial score (nSPS) is 10.2. The predicted molar refractivity (Wildman–Crippen MR) is 90.5 cm³/mol. The summed E-state index contributed by atoms with van der Waals surface area (Å²) in [7, 11) is 1.53. The Kier molecular flexibility index (Phi) is 5.23. The van der Waals surface area contributed by atoms with E-state index in [0.717, 1.165) is 8.95 Å². The number of anilines is 1. The Morgan fingerprint density at radius 3 is 2.50 bits per heavy atom. The minimum atomic E-state index is -0.234. The van der Waals surface area contributed by atoms with Crippen LogP contribution in [0.25, 0.3) is 0 Å². The molecule has 3 nitrogen and oxygen atoms in total. The number of hydrogen-bond donors (Lipinski definition) is 1. The van der Waals surface area contributed by atoms with E-state index in [4.69, 9.17) is 4.74 Å². The van der Waals surface area contributed by atoms with Crippen LogP contribution in [0.4, 0.5) is 5.69 Å². The van der Waals surface area contributed by atoms with Crippen LogP contribution in [-0.4, -0.2) is 13.0 Å². The van der Waals surface area contributed by atoms with Gasteiger partial charge in [0.2, 0.25) is 0 Å². The van der Waals surface area contributed by atoms with Crippen LogP contribution in [0.3, 0.4) is 0 Å². The summed E-state index contributed by atoms with van der Waals surface area (Å²) in [5.41, 5.74) is 1.16. The van der Waals surface area contributed by atoms with Gasteiger partial charge in [-0.05, 0) is 46.3 Å². The third kappa shape index (κ3) is 3.62. The van der Waals surface area contributed by atoms with Crippen LogP contribution in [0.2, 0.25) is 0 Å². The summed E-state index contributed by atoms with van der Waals surface area (Å²) >= 11 is 10.1. The lowest BCUT2D eigenvalue weighted by Crippen LogP contribution is -2.13. The molecule has 0 atom stereocenters. The van der Waals surface area contributed by atoms with Crippen molar-refractivity contribution in [3.63, 3.8) is 0 Å². The van der Waals surface area contributed by atoms with E-state index in [2.05, 4.69) is 53.1 Å². The maximum atomic E-state index is 12.4. The van der Waals surface area contributed by atoms with Crippen molar-refractivity contribution >= 4 is 59.4 Å². The Bertz CT molecular complexity index is 659. The molecule has 104 valence electrons. The molecule has 1 N–H and O–H groups in total. The first-order valence-corrected chi connectivity index (χ1v) is 7.99. The van der Waals surface area contributed by atoms with Crippen LogP contribution >= 0.6 is 47.8 Å². The van der Waals surface area contributed by atoms with Crippen molar-refractivity contribution in [3.05, 3.63) is 55.4 Å². The van der Waals surface area contributed by atoms with Gasteiger partial charge in [0.15, 0.2) is 0 Å². The van der Waals surface area contributed by atoms with E-state index in [-0.39, 0.29) is 5.91 Å². The van der Waals surface area contributed by atoms with E-state index in [0.29, 0.717) is 21.5 Å². The summed E-state index contributed by atoms with van der Waals surface area (Å²) in [5.74, 6) is 0.266. The third-order valence-electron chi connectivity index (χ3n) is 2.54. The number of nitrogens with one attached hydrogen (secondary N) is 1. The van der Waals surface area contributed by atoms with Crippen LogP contribution in [0.1, 0.15) is 10.4 Å². The quantitative estimate of drug-likeness (QED) is 0.676. The maximum Gasteiger partial charge on any atom is 0.259 e. The largest absolute Gasteiger partial charge is 0.495 e. The van der Waals surface area contributed by atoms with E-state index >= 15 is 0 Å². The number of benzene rings is 2. The zero-order valence-corrected chi connectivity index (χ0v) is 15.2. The van der Waals surface area contributed by atoms with Crippen molar-refractivity contribution in [3.8, 4) is 5.75 Å². The van der Waals surface area contributed by atoms with Crippen LogP contribution < -0.4 is 10.1 Å². The smallest absolute Gasteiger partial charge is 0.259 e. The summed E-state index contributed by atoms with van der Waals surface area (Å²) in [4.78, 5) is 12.4. The predicted octanol–water partition coefficient (Wildman–Crippen LogP) is 5.24. The zero-order valence-electron chi connectivity index (χ0n) is 10.4.